The minimum Gasteiger partial charge on any atom is -0.463 e. The van der Waals surface area contributed by atoms with Crippen LogP contribution < -0.4 is 4.90 Å². The molecule has 1 aromatic heterocycles. The molecular weight excluding hydrogens is 264 g/mol. The smallest absolute Gasteiger partial charge is 0.309 e. The predicted molar refractivity (Wildman–Crippen MR) is 77.7 cm³/mol. The first-order chi connectivity index (χ1) is 8.66. The maximum Gasteiger partial charge on any atom is 0.309 e. The predicted octanol–water partition coefficient (Wildman–Crippen LogP) is 2.67. The second kappa shape index (κ2) is 7.34. The molecule has 0 saturated carbocycles. The van der Waals surface area contributed by atoms with Crippen LogP contribution in [0.2, 0.25) is 0 Å². The Labute approximate surface area is 120 Å². The number of nitrogens with zero attached hydrogens (tertiary/aromatic N) is 2. The van der Waals surface area contributed by atoms with Crippen LogP contribution in [0.4, 0.5) is 5.69 Å². The van der Waals surface area contributed by atoms with Gasteiger partial charge in [-0.15, -0.1) is 12.4 Å². The van der Waals surface area contributed by atoms with Crippen LogP contribution in [0.5, 0.6) is 0 Å². The first-order valence-electron chi connectivity index (χ1n) is 6.52. The van der Waals surface area contributed by atoms with E-state index in [1.54, 1.807) is 12.4 Å². The zero-order chi connectivity index (χ0) is 13.0. The van der Waals surface area contributed by atoms with Gasteiger partial charge in [0.05, 0.1) is 12.0 Å². The van der Waals surface area contributed by atoms with Crippen LogP contribution in [-0.4, -0.2) is 30.1 Å². The van der Waals surface area contributed by atoms with E-state index in [1.807, 2.05) is 26.0 Å². The molecule has 0 N–H and O–H groups in total. The van der Waals surface area contributed by atoms with Crippen LogP contribution in [0.3, 0.4) is 0 Å². The van der Waals surface area contributed by atoms with Gasteiger partial charge in [0.15, 0.2) is 0 Å². The number of aromatic nitrogens is 1. The van der Waals surface area contributed by atoms with Crippen molar-refractivity contribution in [1.29, 1.82) is 0 Å². The van der Waals surface area contributed by atoms with E-state index in [-0.39, 0.29) is 30.4 Å². The normalized spacial score (nSPS) is 16.1. The fraction of sp³-hybridized carbons (Fsp3) is 0.571. The minimum absolute atomic E-state index is 0. The highest BCUT2D eigenvalue weighted by atomic mass is 35.5. The first kappa shape index (κ1) is 15.8. The van der Waals surface area contributed by atoms with E-state index in [4.69, 9.17) is 4.74 Å². The summed E-state index contributed by atoms with van der Waals surface area (Å²) in [7, 11) is 0. The number of rotatable bonds is 3. The maximum atomic E-state index is 11.8. The lowest BCUT2D eigenvalue weighted by atomic mass is 9.96. The molecule has 0 atom stereocenters. The number of piperidine rings is 1. The van der Waals surface area contributed by atoms with E-state index in [1.165, 1.54) is 5.69 Å². The summed E-state index contributed by atoms with van der Waals surface area (Å²) >= 11 is 0. The van der Waals surface area contributed by atoms with Crippen molar-refractivity contribution < 1.29 is 9.53 Å². The van der Waals surface area contributed by atoms with Crippen molar-refractivity contribution in [2.45, 2.75) is 32.8 Å². The summed E-state index contributed by atoms with van der Waals surface area (Å²) < 4.78 is 5.26. The van der Waals surface area contributed by atoms with Gasteiger partial charge in [-0.1, -0.05) is 0 Å². The number of ether oxygens (including phenoxy) is 1. The number of anilines is 1. The van der Waals surface area contributed by atoms with Gasteiger partial charge in [0.1, 0.15) is 0 Å². The first-order valence-corrected chi connectivity index (χ1v) is 6.52. The lowest BCUT2D eigenvalue weighted by Gasteiger charge is -2.32. The van der Waals surface area contributed by atoms with Gasteiger partial charge in [0.25, 0.3) is 0 Å². The fourth-order valence-electron chi connectivity index (χ4n) is 2.26. The van der Waals surface area contributed by atoms with Crippen LogP contribution >= 0.6 is 12.4 Å². The summed E-state index contributed by atoms with van der Waals surface area (Å²) in [4.78, 5) is 18.1. The van der Waals surface area contributed by atoms with E-state index in [9.17, 15) is 4.79 Å². The lowest BCUT2D eigenvalue weighted by molar-refractivity contribution is -0.153. The highest BCUT2D eigenvalue weighted by Gasteiger charge is 2.26. The van der Waals surface area contributed by atoms with Crippen LogP contribution in [0, 0.1) is 5.92 Å². The molecule has 0 spiro atoms. The van der Waals surface area contributed by atoms with Gasteiger partial charge in [-0.25, -0.2) is 0 Å². The minimum atomic E-state index is -0.0422. The fourth-order valence-corrected chi connectivity index (χ4v) is 2.26. The quantitative estimate of drug-likeness (QED) is 0.801. The highest BCUT2D eigenvalue weighted by molar-refractivity contribution is 5.85. The van der Waals surface area contributed by atoms with Crippen molar-refractivity contribution in [2.24, 2.45) is 5.92 Å². The largest absolute Gasteiger partial charge is 0.463 e. The Hall–Kier alpha value is -1.29. The molecule has 0 bridgehead atoms. The van der Waals surface area contributed by atoms with Gasteiger partial charge in [-0.2, -0.15) is 0 Å². The molecule has 1 aromatic rings. The van der Waals surface area contributed by atoms with Crippen molar-refractivity contribution in [1.82, 2.24) is 4.98 Å². The molecule has 0 amide bonds. The topological polar surface area (TPSA) is 42.4 Å². The molecule has 0 aliphatic carbocycles. The van der Waals surface area contributed by atoms with Crippen LogP contribution in [-0.2, 0) is 9.53 Å². The molecule has 1 aliphatic heterocycles. The van der Waals surface area contributed by atoms with E-state index >= 15 is 0 Å². The number of pyridine rings is 1. The van der Waals surface area contributed by atoms with E-state index in [0.29, 0.717) is 0 Å². The summed E-state index contributed by atoms with van der Waals surface area (Å²) in [5, 5.41) is 0. The molecule has 4 nitrogen and oxygen atoms in total. The zero-order valence-electron chi connectivity index (χ0n) is 11.4. The number of esters is 1. The second-order valence-electron chi connectivity index (χ2n) is 4.95. The Balaban J connectivity index is 0.00000180. The Morgan fingerprint density at radius 2 is 1.89 bits per heavy atom. The standard InChI is InChI=1S/C14H20N2O2.ClH/c1-11(2)18-14(17)12-5-9-16(10-6-12)13-3-7-15-8-4-13;/h3-4,7-8,11-12H,5-6,9-10H2,1-2H3;1H. The molecule has 5 heteroatoms. The van der Waals surface area contributed by atoms with Gasteiger partial charge in [-0.05, 0) is 38.8 Å². The van der Waals surface area contributed by atoms with Gasteiger partial charge in [-0.3, -0.25) is 9.78 Å². The summed E-state index contributed by atoms with van der Waals surface area (Å²) in [6.45, 7) is 5.59. The molecule has 1 saturated heterocycles. The van der Waals surface area contributed by atoms with Crippen LogP contribution in [0.1, 0.15) is 26.7 Å². The Morgan fingerprint density at radius 3 is 2.42 bits per heavy atom. The maximum absolute atomic E-state index is 11.8. The summed E-state index contributed by atoms with van der Waals surface area (Å²) in [6.07, 6.45) is 5.32. The molecule has 2 rings (SSSR count). The second-order valence-corrected chi connectivity index (χ2v) is 4.95. The monoisotopic (exact) mass is 284 g/mol. The van der Waals surface area contributed by atoms with E-state index in [0.717, 1.165) is 25.9 Å². The SMILES string of the molecule is CC(C)OC(=O)C1CCN(c2ccncc2)CC1.Cl. The molecule has 0 radical (unpaired) electrons. The van der Waals surface area contributed by atoms with Crippen LogP contribution in [0.15, 0.2) is 24.5 Å². The van der Waals surface area contributed by atoms with Gasteiger partial charge < -0.3 is 9.64 Å². The Morgan fingerprint density at radius 1 is 1.32 bits per heavy atom. The molecule has 0 unspecified atom stereocenters. The highest BCUT2D eigenvalue weighted by Crippen LogP contribution is 2.23. The van der Waals surface area contributed by atoms with Crippen molar-refractivity contribution in [2.75, 3.05) is 18.0 Å². The van der Waals surface area contributed by atoms with Crippen molar-refractivity contribution in [3.8, 4) is 0 Å². The third kappa shape index (κ3) is 4.39. The summed E-state index contributed by atoms with van der Waals surface area (Å²) in [5.41, 5.74) is 1.18. The molecule has 106 valence electrons. The number of carbonyl (C=O) groups excluding carboxylic acids is 1. The van der Waals surface area contributed by atoms with Crippen molar-refractivity contribution >= 4 is 24.1 Å². The molecule has 19 heavy (non-hydrogen) atoms. The Kier molecular flexibility index (Phi) is 6.09. The number of halogens is 1. The molecule has 0 aromatic carbocycles. The van der Waals surface area contributed by atoms with Gasteiger partial charge in [0.2, 0.25) is 0 Å². The Bertz CT molecular complexity index is 390. The molecule has 1 aliphatic rings. The summed E-state index contributed by atoms with van der Waals surface area (Å²) in [5.74, 6) is 0.0184. The van der Waals surface area contributed by atoms with E-state index in [2.05, 4.69) is 9.88 Å². The van der Waals surface area contributed by atoms with Gasteiger partial charge >= 0.3 is 5.97 Å². The average molecular weight is 285 g/mol. The van der Waals surface area contributed by atoms with Crippen LogP contribution in [0.25, 0.3) is 0 Å². The lowest BCUT2D eigenvalue weighted by Crippen LogP contribution is -2.37. The zero-order valence-corrected chi connectivity index (χ0v) is 12.2. The summed E-state index contributed by atoms with van der Waals surface area (Å²) in [6, 6.07) is 4.01. The number of hydrogen-bond acceptors (Lipinski definition) is 4. The number of carbonyl (C=O) groups is 1. The van der Waals surface area contributed by atoms with Crippen molar-refractivity contribution in [3.63, 3.8) is 0 Å². The average Bonchev–Trinajstić information content (AvgIpc) is 2.39. The molecular formula is C14H21ClN2O2. The number of hydrogen-bond donors (Lipinski definition) is 0. The van der Waals surface area contributed by atoms with Crippen molar-refractivity contribution in [3.05, 3.63) is 24.5 Å². The molecule has 1 fully saturated rings. The third-order valence-electron chi connectivity index (χ3n) is 3.21. The van der Waals surface area contributed by atoms with E-state index < -0.39 is 0 Å². The van der Waals surface area contributed by atoms with Gasteiger partial charge in [0, 0.05) is 31.2 Å². The third-order valence-corrected chi connectivity index (χ3v) is 3.21. The molecule has 2 heterocycles.